The molecule has 0 fully saturated rings. The van der Waals surface area contributed by atoms with Crippen LogP contribution >= 0.6 is 0 Å². The van der Waals surface area contributed by atoms with Crippen LogP contribution in [0.25, 0.3) is 0 Å². The van der Waals surface area contributed by atoms with Gasteiger partial charge in [-0.3, -0.25) is 23.9 Å². The number of hydrogen-bond donors (Lipinski definition) is 3. The third-order valence-corrected chi connectivity index (χ3v) is 5.24. The van der Waals surface area contributed by atoms with Crippen LogP contribution in [0.5, 0.6) is 11.5 Å². The average Bonchev–Trinajstić information content (AvgIpc) is 2.82. The number of carbonyl (C=O) groups excluding carboxylic acids is 2. The lowest BCUT2D eigenvalue weighted by atomic mass is 10.2. The maximum absolute atomic E-state index is 13.1. The van der Waals surface area contributed by atoms with Crippen molar-refractivity contribution in [2.75, 3.05) is 49.4 Å². The van der Waals surface area contributed by atoms with E-state index >= 15 is 0 Å². The number of carbonyl (C=O) groups is 2. The first kappa shape index (κ1) is 25.8. The molecule has 0 unspecified atom stereocenters. The van der Waals surface area contributed by atoms with Crippen LogP contribution in [0.15, 0.2) is 27.8 Å². The van der Waals surface area contributed by atoms with Crippen LogP contribution in [0.3, 0.4) is 0 Å². The number of rotatable bonds is 10. The van der Waals surface area contributed by atoms with Crippen LogP contribution < -0.4 is 36.7 Å². The SMILES string of the molecule is COCCN(C(=O)CCC(=O)Nc1ccc2c(c1)OCCO2)c1c(N)n(CC(C)C)c(=O)[nH]c1=O. The quantitative estimate of drug-likeness (QED) is 0.445. The van der Waals surface area contributed by atoms with Crippen molar-refractivity contribution in [1.82, 2.24) is 9.55 Å². The third kappa shape index (κ3) is 6.41. The van der Waals surface area contributed by atoms with Gasteiger partial charge in [-0.25, -0.2) is 4.79 Å². The van der Waals surface area contributed by atoms with Crippen molar-refractivity contribution in [1.29, 1.82) is 0 Å². The number of amides is 2. The minimum atomic E-state index is -0.780. The molecule has 0 saturated carbocycles. The van der Waals surface area contributed by atoms with Crippen LogP contribution in [0.1, 0.15) is 26.7 Å². The van der Waals surface area contributed by atoms with Crippen LogP contribution in [0.4, 0.5) is 17.2 Å². The molecule has 12 nitrogen and oxygen atoms in total. The number of nitrogen functional groups attached to an aromatic ring is 1. The topological polar surface area (TPSA) is 158 Å². The van der Waals surface area contributed by atoms with E-state index < -0.39 is 23.1 Å². The maximum atomic E-state index is 13.1. The zero-order valence-electron chi connectivity index (χ0n) is 20.1. The van der Waals surface area contributed by atoms with Gasteiger partial charge in [0.05, 0.1) is 6.61 Å². The first-order valence-electron chi connectivity index (χ1n) is 11.3. The Balaban J connectivity index is 1.74. The smallest absolute Gasteiger partial charge is 0.330 e. The number of anilines is 3. The van der Waals surface area contributed by atoms with E-state index in [1.54, 1.807) is 18.2 Å². The van der Waals surface area contributed by atoms with Crippen LogP contribution in [-0.4, -0.2) is 54.8 Å². The number of hydrogen-bond acceptors (Lipinski definition) is 8. The molecule has 1 aliphatic rings. The summed E-state index contributed by atoms with van der Waals surface area (Å²) in [4.78, 5) is 53.8. The fourth-order valence-corrected chi connectivity index (χ4v) is 3.63. The van der Waals surface area contributed by atoms with E-state index in [1.165, 1.54) is 11.7 Å². The molecule has 190 valence electrons. The molecule has 0 spiro atoms. The summed E-state index contributed by atoms with van der Waals surface area (Å²) in [7, 11) is 1.46. The van der Waals surface area contributed by atoms with E-state index in [4.69, 9.17) is 19.9 Å². The van der Waals surface area contributed by atoms with Crippen molar-refractivity contribution in [2.24, 2.45) is 5.92 Å². The number of ether oxygens (including phenoxy) is 3. The van der Waals surface area contributed by atoms with Gasteiger partial charge in [-0.1, -0.05) is 13.8 Å². The highest BCUT2D eigenvalue weighted by atomic mass is 16.6. The van der Waals surface area contributed by atoms with E-state index in [0.29, 0.717) is 30.4 Å². The molecule has 12 heteroatoms. The summed E-state index contributed by atoms with van der Waals surface area (Å²) in [5.41, 5.74) is 5.10. The van der Waals surface area contributed by atoms with E-state index in [0.717, 1.165) is 4.90 Å². The van der Waals surface area contributed by atoms with Gasteiger partial charge in [-0.2, -0.15) is 0 Å². The van der Waals surface area contributed by atoms with Gasteiger partial charge >= 0.3 is 5.69 Å². The Kier molecular flexibility index (Phi) is 8.53. The summed E-state index contributed by atoms with van der Waals surface area (Å²) in [6.07, 6.45) is -0.331. The van der Waals surface area contributed by atoms with Crippen molar-refractivity contribution in [3.8, 4) is 11.5 Å². The number of nitrogens with one attached hydrogen (secondary N) is 2. The summed E-state index contributed by atoms with van der Waals surface area (Å²) in [6.45, 7) is 5.07. The second-order valence-corrected chi connectivity index (χ2v) is 8.44. The fraction of sp³-hybridized carbons (Fsp3) is 0.478. The molecule has 3 rings (SSSR count). The number of methoxy groups -OCH3 is 1. The molecule has 4 N–H and O–H groups in total. The highest BCUT2D eigenvalue weighted by Gasteiger charge is 2.25. The maximum Gasteiger partial charge on any atom is 0.330 e. The molecule has 2 aromatic rings. The molecule has 1 aliphatic heterocycles. The number of H-pyrrole nitrogens is 1. The second-order valence-electron chi connectivity index (χ2n) is 8.44. The minimum Gasteiger partial charge on any atom is -0.486 e. The van der Waals surface area contributed by atoms with Crippen molar-refractivity contribution >= 4 is 29.0 Å². The Hall–Kier alpha value is -3.80. The van der Waals surface area contributed by atoms with E-state index in [9.17, 15) is 19.2 Å². The van der Waals surface area contributed by atoms with Gasteiger partial charge < -0.3 is 30.2 Å². The Morgan fingerprint density at radius 1 is 1.20 bits per heavy atom. The number of fused-ring (bicyclic) bond motifs is 1. The second kappa shape index (κ2) is 11.6. The van der Waals surface area contributed by atoms with Crippen molar-refractivity contribution in [3.05, 3.63) is 39.0 Å². The standard InChI is InChI=1S/C23H31N5O7/c1-14(2)13-28-21(24)20(22(31)26-23(28)32)27(8-9-33-3)19(30)7-6-18(29)25-15-4-5-16-17(12-15)35-11-10-34-16/h4-5,12,14H,6-11,13,24H2,1-3H3,(H,25,29)(H,26,31,32). The summed E-state index contributed by atoms with van der Waals surface area (Å²) < 4.78 is 17.3. The lowest BCUT2D eigenvalue weighted by Gasteiger charge is -2.24. The summed E-state index contributed by atoms with van der Waals surface area (Å²) >= 11 is 0. The summed E-state index contributed by atoms with van der Waals surface area (Å²) in [5.74, 6) is 0.181. The third-order valence-electron chi connectivity index (χ3n) is 5.24. The van der Waals surface area contributed by atoms with Crippen molar-refractivity contribution in [2.45, 2.75) is 33.2 Å². The molecule has 0 bridgehead atoms. The van der Waals surface area contributed by atoms with Crippen LogP contribution in [-0.2, 0) is 20.9 Å². The average molecular weight is 490 g/mol. The molecule has 35 heavy (non-hydrogen) atoms. The zero-order valence-corrected chi connectivity index (χ0v) is 20.1. The molecular formula is C23H31N5O7. The fourth-order valence-electron chi connectivity index (χ4n) is 3.63. The van der Waals surface area contributed by atoms with Gasteiger partial charge in [0, 0.05) is 44.8 Å². The molecule has 0 saturated heterocycles. The van der Waals surface area contributed by atoms with Crippen molar-refractivity contribution in [3.63, 3.8) is 0 Å². The van der Waals surface area contributed by atoms with Gasteiger partial charge in [0.15, 0.2) is 17.2 Å². The van der Waals surface area contributed by atoms with Gasteiger partial charge in [-0.15, -0.1) is 0 Å². The van der Waals surface area contributed by atoms with E-state index in [-0.39, 0.29) is 50.0 Å². The normalized spacial score (nSPS) is 12.5. The lowest BCUT2D eigenvalue weighted by molar-refractivity contribution is -0.122. The molecule has 2 amide bonds. The number of nitrogens with zero attached hydrogens (tertiary/aromatic N) is 2. The van der Waals surface area contributed by atoms with E-state index in [2.05, 4.69) is 10.3 Å². The molecular weight excluding hydrogens is 458 g/mol. The Bertz CT molecular complexity index is 1190. The van der Waals surface area contributed by atoms with Gasteiger partial charge in [0.1, 0.15) is 19.0 Å². The molecule has 0 atom stereocenters. The van der Waals surface area contributed by atoms with Gasteiger partial charge in [0.25, 0.3) is 5.56 Å². The summed E-state index contributed by atoms with van der Waals surface area (Å²) in [6, 6.07) is 5.02. The number of aromatic nitrogens is 2. The number of aromatic amines is 1. The van der Waals surface area contributed by atoms with E-state index in [1.807, 2.05) is 13.8 Å². The minimum absolute atomic E-state index is 0.0201. The summed E-state index contributed by atoms with van der Waals surface area (Å²) in [5, 5.41) is 2.72. The first-order valence-corrected chi connectivity index (χ1v) is 11.3. The molecule has 0 radical (unpaired) electrons. The highest BCUT2D eigenvalue weighted by molar-refractivity contribution is 5.99. The molecule has 1 aromatic heterocycles. The number of nitrogens with two attached hydrogens (primary N) is 1. The monoisotopic (exact) mass is 489 g/mol. The predicted octanol–water partition coefficient (Wildman–Crippen LogP) is 0.944. The molecule has 2 heterocycles. The van der Waals surface area contributed by atoms with Crippen LogP contribution in [0.2, 0.25) is 0 Å². The highest BCUT2D eigenvalue weighted by Crippen LogP contribution is 2.32. The van der Waals surface area contributed by atoms with Gasteiger partial charge in [0.2, 0.25) is 11.8 Å². The largest absolute Gasteiger partial charge is 0.486 e. The molecule has 0 aliphatic carbocycles. The Morgan fingerprint density at radius 2 is 1.91 bits per heavy atom. The van der Waals surface area contributed by atoms with Crippen molar-refractivity contribution < 1.29 is 23.8 Å². The zero-order chi connectivity index (χ0) is 25.5. The number of benzene rings is 1. The predicted molar refractivity (Wildman–Crippen MR) is 130 cm³/mol. The van der Waals surface area contributed by atoms with Crippen LogP contribution in [0, 0.1) is 5.92 Å². The van der Waals surface area contributed by atoms with Gasteiger partial charge in [-0.05, 0) is 18.1 Å². The Morgan fingerprint density at radius 3 is 2.60 bits per heavy atom. The Labute approximate surface area is 202 Å². The molecule has 1 aromatic carbocycles. The lowest BCUT2D eigenvalue weighted by Crippen LogP contribution is -2.43. The first-order chi connectivity index (χ1) is 16.7.